The molecule has 2 atom stereocenters. The molecule has 88 valence electrons. The van der Waals surface area contributed by atoms with Crippen molar-refractivity contribution in [1.29, 1.82) is 0 Å². The topological polar surface area (TPSA) is 12.0 Å². The summed E-state index contributed by atoms with van der Waals surface area (Å²) in [6.07, 6.45) is 2.71. The zero-order valence-corrected chi connectivity index (χ0v) is 11.1. The van der Waals surface area contributed by atoms with Gasteiger partial charge in [0, 0.05) is 22.1 Å². The molecule has 16 heavy (non-hydrogen) atoms. The first-order valence-corrected chi connectivity index (χ1v) is 6.54. The Labute approximate surface area is 107 Å². The molecule has 0 heterocycles. The van der Waals surface area contributed by atoms with Crippen molar-refractivity contribution in [2.24, 2.45) is 5.92 Å². The van der Waals surface area contributed by atoms with Gasteiger partial charge in [0.1, 0.15) is 0 Å². The monoisotopic (exact) mass is 257 g/mol. The summed E-state index contributed by atoms with van der Waals surface area (Å²) in [5, 5.41) is 5.03. The number of hydrogen-bond acceptors (Lipinski definition) is 1. The first kappa shape index (κ1) is 12.2. The van der Waals surface area contributed by atoms with E-state index in [0.29, 0.717) is 11.1 Å². The minimum atomic E-state index is 0.278. The van der Waals surface area contributed by atoms with Crippen LogP contribution in [0, 0.1) is 5.92 Å². The quantitative estimate of drug-likeness (QED) is 0.841. The molecule has 1 saturated carbocycles. The molecule has 0 amide bonds. The average molecular weight is 258 g/mol. The molecule has 1 aliphatic rings. The fourth-order valence-electron chi connectivity index (χ4n) is 2.07. The first-order valence-electron chi connectivity index (χ1n) is 5.79. The lowest BCUT2D eigenvalue weighted by atomic mass is 10.1. The Balaban J connectivity index is 2.04. The highest BCUT2D eigenvalue weighted by Crippen LogP contribution is 2.34. The van der Waals surface area contributed by atoms with E-state index in [1.165, 1.54) is 12.8 Å². The molecule has 2 unspecified atom stereocenters. The van der Waals surface area contributed by atoms with Gasteiger partial charge in [0.15, 0.2) is 0 Å². The van der Waals surface area contributed by atoms with Crippen molar-refractivity contribution in [1.82, 2.24) is 5.32 Å². The molecule has 0 radical (unpaired) electrons. The van der Waals surface area contributed by atoms with E-state index in [1.807, 2.05) is 12.1 Å². The maximum atomic E-state index is 6.18. The van der Waals surface area contributed by atoms with Crippen molar-refractivity contribution in [3.63, 3.8) is 0 Å². The Kier molecular flexibility index (Phi) is 3.78. The van der Waals surface area contributed by atoms with E-state index >= 15 is 0 Å². The smallest absolute Gasteiger partial charge is 0.0468 e. The summed E-state index contributed by atoms with van der Waals surface area (Å²) in [7, 11) is 0. The predicted molar refractivity (Wildman–Crippen MR) is 70.2 cm³/mol. The fourth-order valence-corrected chi connectivity index (χ4v) is 2.64. The van der Waals surface area contributed by atoms with Crippen LogP contribution in [0.15, 0.2) is 18.2 Å². The standard InChI is InChI=1S/C13H17Cl2N/c1-8(10-3-4-10)16-9(2)12-6-5-11(14)7-13(12)15/h5-10,16H,3-4H2,1-2H3. The van der Waals surface area contributed by atoms with Crippen LogP contribution in [0.25, 0.3) is 0 Å². The largest absolute Gasteiger partial charge is 0.307 e. The Hall–Kier alpha value is -0.240. The van der Waals surface area contributed by atoms with Gasteiger partial charge in [-0.2, -0.15) is 0 Å². The molecule has 2 rings (SSSR count). The van der Waals surface area contributed by atoms with E-state index < -0.39 is 0 Å². The molecule has 0 aliphatic heterocycles. The summed E-state index contributed by atoms with van der Waals surface area (Å²) in [6.45, 7) is 4.39. The predicted octanol–water partition coefficient (Wildman–Crippen LogP) is 4.44. The highest BCUT2D eigenvalue weighted by atomic mass is 35.5. The molecular weight excluding hydrogens is 241 g/mol. The van der Waals surface area contributed by atoms with Crippen molar-refractivity contribution in [2.45, 2.75) is 38.8 Å². The van der Waals surface area contributed by atoms with Gasteiger partial charge in [0.05, 0.1) is 0 Å². The van der Waals surface area contributed by atoms with Crippen molar-refractivity contribution in [3.05, 3.63) is 33.8 Å². The normalized spacial score (nSPS) is 19.5. The third-order valence-electron chi connectivity index (χ3n) is 3.27. The van der Waals surface area contributed by atoms with Gasteiger partial charge < -0.3 is 5.32 Å². The lowest BCUT2D eigenvalue weighted by molar-refractivity contribution is 0.441. The second-order valence-electron chi connectivity index (χ2n) is 4.68. The van der Waals surface area contributed by atoms with Gasteiger partial charge in [-0.15, -0.1) is 0 Å². The van der Waals surface area contributed by atoms with Crippen LogP contribution in [0.1, 0.15) is 38.3 Å². The Bertz CT molecular complexity index is 374. The zero-order chi connectivity index (χ0) is 11.7. The van der Waals surface area contributed by atoms with Crippen LogP contribution >= 0.6 is 23.2 Å². The summed E-state index contributed by atoms with van der Waals surface area (Å²) in [5.41, 5.74) is 1.12. The number of nitrogens with one attached hydrogen (secondary N) is 1. The Morgan fingerprint density at radius 2 is 1.94 bits per heavy atom. The van der Waals surface area contributed by atoms with Gasteiger partial charge in [0.25, 0.3) is 0 Å². The first-order chi connectivity index (χ1) is 7.58. The molecule has 1 fully saturated rings. The van der Waals surface area contributed by atoms with Crippen LogP contribution in [-0.4, -0.2) is 6.04 Å². The molecule has 1 aromatic rings. The van der Waals surface area contributed by atoms with Gasteiger partial charge >= 0.3 is 0 Å². The van der Waals surface area contributed by atoms with E-state index in [1.54, 1.807) is 6.07 Å². The van der Waals surface area contributed by atoms with E-state index in [0.717, 1.165) is 16.5 Å². The lowest BCUT2D eigenvalue weighted by Gasteiger charge is -2.21. The summed E-state index contributed by atoms with van der Waals surface area (Å²) in [4.78, 5) is 0. The van der Waals surface area contributed by atoms with Gasteiger partial charge in [-0.3, -0.25) is 0 Å². The number of benzene rings is 1. The molecule has 0 spiro atoms. The molecule has 0 saturated heterocycles. The minimum absolute atomic E-state index is 0.278. The number of rotatable bonds is 4. The second-order valence-corrected chi connectivity index (χ2v) is 5.52. The molecule has 1 N–H and O–H groups in total. The highest BCUT2D eigenvalue weighted by molar-refractivity contribution is 6.35. The number of hydrogen-bond donors (Lipinski definition) is 1. The molecule has 0 bridgehead atoms. The summed E-state index contributed by atoms with van der Waals surface area (Å²) in [5.74, 6) is 0.855. The zero-order valence-electron chi connectivity index (χ0n) is 9.63. The van der Waals surface area contributed by atoms with Crippen LogP contribution in [-0.2, 0) is 0 Å². The van der Waals surface area contributed by atoms with Crippen molar-refractivity contribution in [2.75, 3.05) is 0 Å². The van der Waals surface area contributed by atoms with Crippen molar-refractivity contribution >= 4 is 23.2 Å². The van der Waals surface area contributed by atoms with Gasteiger partial charge in [0.2, 0.25) is 0 Å². The van der Waals surface area contributed by atoms with E-state index in [4.69, 9.17) is 23.2 Å². The van der Waals surface area contributed by atoms with E-state index in [-0.39, 0.29) is 6.04 Å². The van der Waals surface area contributed by atoms with Crippen molar-refractivity contribution < 1.29 is 0 Å². The third-order valence-corrected chi connectivity index (χ3v) is 3.83. The Morgan fingerprint density at radius 3 is 2.50 bits per heavy atom. The van der Waals surface area contributed by atoms with E-state index in [9.17, 15) is 0 Å². The fraction of sp³-hybridized carbons (Fsp3) is 0.538. The van der Waals surface area contributed by atoms with Crippen LogP contribution < -0.4 is 5.32 Å². The van der Waals surface area contributed by atoms with Crippen molar-refractivity contribution in [3.8, 4) is 0 Å². The maximum Gasteiger partial charge on any atom is 0.0468 e. The molecule has 1 aliphatic carbocycles. The molecule has 3 heteroatoms. The van der Waals surface area contributed by atoms with Crippen LogP contribution in [0.2, 0.25) is 10.0 Å². The third kappa shape index (κ3) is 2.91. The van der Waals surface area contributed by atoms with Crippen LogP contribution in [0.3, 0.4) is 0 Å². The summed E-state index contributed by atoms with van der Waals surface area (Å²) < 4.78 is 0. The summed E-state index contributed by atoms with van der Waals surface area (Å²) in [6, 6.07) is 6.55. The molecular formula is C13H17Cl2N. The minimum Gasteiger partial charge on any atom is -0.307 e. The Morgan fingerprint density at radius 1 is 1.25 bits per heavy atom. The SMILES string of the molecule is CC(NC(C)C1CC1)c1ccc(Cl)cc1Cl. The maximum absolute atomic E-state index is 6.18. The van der Waals surface area contributed by atoms with Crippen LogP contribution in [0.5, 0.6) is 0 Å². The van der Waals surface area contributed by atoms with Gasteiger partial charge in [-0.05, 0) is 50.3 Å². The molecule has 0 aromatic heterocycles. The van der Waals surface area contributed by atoms with Crippen LogP contribution in [0.4, 0.5) is 0 Å². The average Bonchev–Trinajstić information content (AvgIpc) is 2.99. The second kappa shape index (κ2) is 4.95. The summed E-state index contributed by atoms with van der Waals surface area (Å²) >= 11 is 12.1. The van der Waals surface area contributed by atoms with Gasteiger partial charge in [-0.1, -0.05) is 29.3 Å². The highest BCUT2D eigenvalue weighted by Gasteiger charge is 2.28. The van der Waals surface area contributed by atoms with Gasteiger partial charge in [-0.25, -0.2) is 0 Å². The number of halogens is 2. The lowest BCUT2D eigenvalue weighted by Crippen LogP contribution is -2.30. The molecule has 1 nitrogen and oxygen atoms in total. The van der Waals surface area contributed by atoms with E-state index in [2.05, 4.69) is 19.2 Å². The molecule has 1 aromatic carbocycles.